The van der Waals surface area contributed by atoms with Crippen LogP contribution < -0.4 is 5.32 Å². The maximum absolute atomic E-state index is 9.19. The van der Waals surface area contributed by atoms with Crippen molar-refractivity contribution in [1.29, 1.82) is 5.26 Å². The Morgan fingerprint density at radius 2 is 2.12 bits per heavy atom. The summed E-state index contributed by atoms with van der Waals surface area (Å²) in [6.45, 7) is 5.92. The predicted octanol–water partition coefficient (Wildman–Crippen LogP) is 4.45. The number of nitrogens with zero attached hydrogens (tertiary/aromatic N) is 1. The van der Waals surface area contributed by atoms with Crippen molar-refractivity contribution in [2.24, 2.45) is 5.92 Å². The van der Waals surface area contributed by atoms with E-state index >= 15 is 0 Å². The molecular formula is C12H14BrClN2. The van der Waals surface area contributed by atoms with E-state index in [1.54, 1.807) is 6.07 Å². The van der Waals surface area contributed by atoms with Gasteiger partial charge in [0.1, 0.15) is 5.54 Å². The molecule has 16 heavy (non-hydrogen) atoms. The molecule has 0 radical (unpaired) electrons. The third-order valence-corrected chi connectivity index (χ3v) is 3.92. The smallest absolute Gasteiger partial charge is 0.124 e. The van der Waals surface area contributed by atoms with Crippen LogP contribution in [0.4, 0.5) is 5.69 Å². The van der Waals surface area contributed by atoms with E-state index in [4.69, 9.17) is 11.6 Å². The molecule has 0 amide bonds. The van der Waals surface area contributed by atoms with Gasteiger partial charge in [-0.05, 0) is 47.0 Å². The molecule has 4 heteroatoms. The van der Waals surface area contributed by atoms with E-state index in [2.05, 4.69) is 27.3 Å². The van der Waals surface area contributed by atoms with E-state index < -0.39 is 5.54 Å². The van der Waals surface area contributed by atoms with Crippen molar-refractivity contribution in [3.63, 3.8) is 0 Å². The van der Waals surface area contributed by atoms with Gasteiger partial charge in [-0.2, -0.15) is 5.26 Å². The van der Waals surface area contributed by atoms with E-state index in [1.807, 2.05) is 32.9 Å². The average Bonchev–Trinajstić information content (AvgIpc) is 2.23. The molecule has 1 atom stereocenters. The highest BCUT2D eigenvalue weighted by molar-refractivity contribution is 9.10. The molecular weight excluding hydrogens is 288 g/mol. The SMILES string of the molecule is CC(C)C(C)(C#N)Nc1ccc(Cl)c(Br)c1. The van der Waals surface area contributed by atoms with E-state index in [0.29, 0.717) is 5.02 Å². The quantitative estimate of drug-likeness (QED) is 0.895. The molecule has 0 saturated heterocycles. The van der Waals surface area contributed by atoms with Crippen LogP contribution in [0.25, 0.3) is 0 Å². The Morgan fingerprint density at radius 1 is 1.50 bits per heavy atom. The minimum atomic E-state index is -0.576. The molecule has 0 fully saturated rings. The van der Waals surface area contributed by atoms with Crippen molar-refractivity contribution < 1.29 is 0 Å². The Balaban J connectivity index is 2.96. The molecule has 1 unspecified atom stereocenters. The van der Waals surface area contributed by atoms with Crippen LogP contribution >= 0.6 is 27.5 Å². The van der Waals surface area contributed by atoms with Gasteiger partial charge >= 0.3 is 0 Å². The van der Waals surface area contributed by atoms with Gasteiger partial charge in [0.05, 0.1) is 11.1 Å². The molecule has 0 saturated carbocycles. The summed E-state index contributed by atoms with van der Waals surface area (Å²) in [4.78, 5) is 0. The molecule has 86 valence electrons. The lowest BCUT2D eigenvalue weighted by Crippen LogP contribution is -2.38. The second kappa shape index (κ2) is 5.07. The zero-order valence-electron chi connectivity index (χ0n) is 9.51. The number of benzene rings is 1. The number of nitrogens with one attached hydrogen (secondary N) is 1. The zero-order valence-corrected chi connectivity index (χ0v) is 11.9. The second-order valence-corrected chi connectivity index (χ2v) is 5.48. The lowest BCUT2D eigenvalue weighted by Gasteiger charge is -2.28. The average molecular weight is 302 g/mol. The van der Waals surface area contributed by atoms with E-state index in [1.165, 1.54) is 0 Å². The van der Waals surface area contributed by atoms with Gasteiger partial charge in [0.25, 0.3) is 0 Å². The van der Waals surface area contributed by atoms with Crippen LogP contribution in [-0.2, 0) is 0 Å². The van der Waals surface area contributed by atoms with Gasteiger partial charge in [-0.25, -0.2) is 0 Å². The van der Waals surface area contributed by atoms with Crippen molar-refractivity contribution in [1.82, 2.24) is 0 Å². The first-order valence-electron chi connectivity index (χ1n) is 5.03. The summed E-state index contributed by atoms with van der Waals surface area (Å²) in [6.07, 6.45) is 0. The summed E-state index contributed by atoms with van der Waals surface area (Å²) in [5.74, 6) is 0.215. The van der Waals surface area contributed by atoms with Gasteiger partial charge in [-0.3, -0.25) is 0 Å². The Morgan fingerprint density at radius 3 is 2.56 bits per heavy atom. The standard InChI is InChI=1S/C12H14BrClN2/c1-8(2)12(3,7-15)16-9-4-5-11(14)10(13)6-9/h4-6,8,16H,1-3H3. The maximum atomic E-state index is 9.19. The Hall–Kier alpha value is -0.720. The van der Waals surface area contributed by atoms with Crippen molar-refractivity contribution in [3.8, 4) is 6.07 Å². The molecule has 1 aromatic carbocycles. The first kappa shape index (κ1) is 13.3. The monoisotopic (exact) mass is 300 g/mol. The Labute approximate surface area is 110 Å². The van der Waals surface area contributed by atoms with Crippen LogP contribution in [0, 0.1) is 17.2 Å². The molecule has 0 aromatic heterocycles. The van der Waals surface area contributed by atoms with Gasteiger partial charge in [0.2, 0.25) is 0 Å². The molecule has 0 heterocycles. The number of rotatable bonds is 3. The number of anilines is 1. The topological polar surface area (TPSA) is 35.8 Å². The van der Waals surface area contributed by atoms with E-state index in [0.717, 1.165) is 10.2 Å². The largest absolute Gasteiger partial charge is 0.367 e. The summed E-state index contributed by atoms with van der Waals surface area (Å²) in [6, 6.07) is 7.84. The highest BCUT2D eigenvalue weighted by atomic mass is 79.9. The van der Waals surface area contributed by atoms with Crippen LogP contribution in [-0.4, -0.2) is 5.54 Å². The number of hydrogen-bond acceptors (Lipinski definition) is 2. The van der Waals surface area contributed by atoms with Gasteiger partial charge in [-0.15, -0.1) is 0 Å². The fraction of sp³-hybridized carbons (Fsp3) is 0.417. The minimum absolute atomic E-state index is 0.215. The van der Waals surface area contributed by atoms with Gasteiger partial charge < -0.3 is 5.32 Å². The summed E-state index contributed by atoms with van der Waals surface area (Å²) in [5.41, 5.74) is 0.307. The summed E-state index contributed by atoms with van der Waals surface area (Å²) in [5, 5.41) is 13.1. The third-order valence-electron chi connectivity index (χ3n) is 2.71. The Bertz CT molecular complexity index is 426. The normalized spacial score (nSPS) is 14.3. The number of halogens is 2. The van der Waals surface area contributed by atoms with Gasteiger partial charge in [0.15, 0.2) is 0 Å². The first-order valence-corrected chi connectivity index (χ1v) is 6.20. The molecule has 1 N–H and O–H groups in total. The molecule has 0 aliphatic heterocycles. The Kier molecular flexibility index (Phi) is 4.23. The predicted molar refractivity (Wildman–Crippen MR) is 71.6 cm³/mol. The summed E-state index contributed by atoms with van der Waals surface area (Å²) < 4.78 is 0.822. The molecule has 0 spiro atoms. The summed E-state index contributed by atoms with van der Waals surface area (Å²) in [7, 11) is 0. The van der Waals surface area contributed by atoms with Crippen molar-refractivity contribution in [3.05, 3.63) is 27.7 Å². The van der Waals surface area contributed by atoms with Crippen LogP contribution in [0.3, 0.4) is 0 Å². The lowest BCUT2D eigenvalue weighted by atomic mass is 9.90. The third kappa shape index (κ3) is 2.90. The van der Waals surface area contributed by atoms with Crippen LogP contribution in [0.2, 0.25) is 5.02 Å². The molecule has 0 aliphatic rings. The number of hydrogen-bond donors (Lipinski definition) is 1. The fourth-order valence-corrected chi connectivity index (χ4v) is 1.67. The van der Waals surface area contributed by atoms with Crippen molar-refractivity contribution in [2.45, 2.75) is 26.3 Å². The van der Waals surface area contributed by atoms with Crippen LogP contribution in [0.5, 0.6) is 0 Å². The van der Waals surface area contributed by atoms with Gasteiger partial charge in [0, 0.05) is 10.2 Å². The molecule has 1 aromatic rings. The highest BCUT2D eigenvalue weighted by Crippen LogP contribution is 2.28. The lowest BCUT2D eigenvalue weighted by molar-refractivity contribution is 0.464. The minimum Gasteiger partial charge on any atom is -0.367 e. The van der Waals surface area contributed by atoms with Crippen molar-refractivity contribution >= 4 is 33.2 Å². The fourth-order valence-electron chi connectivity index (χ4n) is 1.18. The maximum Gasteiger partial charge on any atom is 0.124 e. The molecule has 0 aliphatic carbocycles. The second-order valence-electron chi connectivity index (χ2n) is 4.22. The zero-order chi connectivity index (χ0) is 12.3. The number of nitriles is 1. The van der Waals surface area contributed by atoms with Crippen molar-refractivity contribution in [2.75, 3.05) is 5.32 Å². The highest BCUT2D eigenvalue weighted by Gasteiger charge is 2.27. The van der Waals surface area contributed by atoms with Crippen LogP contribution in [0.15, 0.2) is 22.7 Å². The summed E-state index contributed by atoms with van der Waals surface area (Å²) >= 11 is 9.27. The molecule has 1 rings (SSSR count). The molecule has 2 nitrogen and oxygen atoms in total. The van der Waals surface area contributed by atoms with Gasteiger partial charge in [-0.1, -0.05) is 25.4 Å². The van der Waals surface area contributed by atoms with E-state index in [-0.39, 0.29) is 5.92 Å². The first-order chi connectivity index (χ1) is 7.39. The molecule has 0 bridgehead atoms. The van der Waals surface area contributed by atoms with E-state index in [9.17, 15) is 5.26 Å². The van der Waals surface area contributed by atoms with Crippen LogP contribution in [0.1, 0.15) is 20.8 Å².